The number of aryl methyl sites for hydroxylation is 1. The quantitative estimate of drug-likeness (QED) is 0.716. The molecule has 1 aliphatic rings. The average Bonchev–Trinajstić information content (AvgIpc) is 2.13. The van der Waals surface area contributed by atoms with Crippen LogP contribution in [0.3, 0.4) is 0 Å². The number of nitrogens with zero attached hydrogens (tertiary/aromatic N) is 2. The first-order valence-electron chi connectivity index (χ1n) is 4.65. The SMILES string of the molecule is Cc1cccc(C#N)c1N1CC(O)C1. The van der Waals surface area contributed by atoms with Crippen LogP contribution in [0.1, 0.15) is 11.1 Å². The lowest BCUT2D eigenvalue weighted by Crippen LogP contribution is -2.51. The van der Waals surface area contributed by atoms with E-state index in [1.54, 1.807) is 0 Å². The van der Waals surface area contributed by atoms with Gasteiger partial charge in [0.1, 0.15) is 6.07 Å². The number of anilines is 1. The number of para-hydroxylation sites is 1. The second kappa shape index (κ2) is 3.32. The van der Waals surface area contributed by atoms with Crippen LogP contribution in [0.2, 0.25) is 0 Å². The van der Waals surface area contributed by atoms with Crippen LogP contribution in [0.5, 0.6) is 0 Å². The molecule has 0 saturated carbocycles. The number of hydrogen-bond acceptors (Lipinski definition) is 3. The maximum Gasteiger partial charge on any atom is 0.101 e. The van der Waals surface area contributed by atoms with Gasteiger partial charge in [0.2, 0.25) is 0 Å². The van der Waals surface area contributed by atoms with E-state index in [2.05, 4.69) is 6.07 Å². The molecule has 1 aromatic rings. The van der Waals surface area contributed by atoms with Gasteiger partial charge in [0, 0.05) is 13.1 Å². The fourth-order valence-electron chi connectivity index (χ4n) is 1.81. The van der Waals surface area contributed by atoms with Crippen molar-refractivity contribution in [2.45, 2.75) is 13.0 Å². The van der Waals surface area contributed by atoms with Crippen molar-refractivity contribution < 1.29 is 5.11 Å². The lowest BCUT2D eigenvalue weighted by atomic mass is 10.0. The minimum atomic E-state index is -0.235. The van der Waals surface area contributed by atoms with Crippen LogP contribution in [-0.2, 0) is 0 Å². The summed E-state index contributed by atoms with van der Waals surface area (Å²) in [5, 5.41) is 18.1. The Hall–Kier alpha value is -1.53. The number of β-amino-alcohol motifs (C(OH)–C–C–N with tert-alkyl or cyclic N) is 1. The van der Waals surface area contributed by atoms with E-state index in [4.69, 9.17) is 5.26 Å². The summed E-state index contributed by atoms with van der Waals surface area (Å²) in [6, 6.07) is 7.86. The van der Waals surface area contributed by atoms with E-state index in [0.29, 0.717) is 18.7 Å². The van der Waals surface area contributed by atoms with Crippen molar-refractivity contribution in [3.63, 3.8) is 0 Å². The lowest BCUT2D eigenvalue weighted by Gasteiger charge is -2.39. The molecule has 72 valence electrons. The lowest BCUT2D eigenvalue weighted by molar-refractivity contribution is 0.142. The highest BCUT2D eigenvalue weighted by Gasteiger charge is 2.27. The van der Waals surface area contributed by atoms with Gasteiger partial charge >= 0.3 is 0 Å². The van der Waals surface area contributed by atoms with E-state index in [0.717, 1.165) is 11.3 Å². The van der Waals surface area contributed by atoms with Crippen molar-refractivity contribution in [1.29, 1.82) is 5.26 Å². The standard InChI is InChI=1S/C11H12N2O/c1-8-3-2-4-9(5-12)11(8)13-6-10(14)7-13/h2-4,10,14H,6-7H2,1H3. The van der Waals surface area contributed by atoms with Gasteiger partial charge in [-0.1, -0.05) is 12.1 Å². The summed E-state index contributed by atoms with van der Waals surface area (Å²) >= 11 is 0. The number of nitriles is 1. The van der Waals surface area contributed by atoms with Gasteiger partial charge in [0.05, 0.1) is 17.4 Å². The Bertz CT molecular complexity index is 389. The molecule has 1 saturated heterocycles. The number of aliphatic hydroxyl groups is 1. The second-order valence-electron chi connectivity index (χ2n) is 3.64. The topological polar surface area (TPSA) is 47.3 Å². The maximum atomic E-state index is 9.21. The summed E-state index contributed by atoms with van der Waals surface area (Å²) in [4.78, 5) is 2.04. The van der Waals surface area contributed by atoms with E-state index in [-0.39, 0.29) is 6.10 Å². The third kappa shape index (κ3) is 1.34. The third-order valence-corrected chi connectivity index (χ3v) is 2.54. The molecule has 14 heavy (non-hydrogen) atoms. The molecule has 1 heterocycles. The molecule has 0 spiro atoms. The summed E-state index contributed by atoms with van der Waals surface area (Å²) in [5.41, 5.74) is 2.76. The highest BCUT2D eigenvalue weighted by molar-refractivity contribution is 5.65. The Kier molecular flexibility index (Phi) is 2.14. The van der Waals surface area contributed by atoms with Crippen LogP contribution < -0.4 is 4.90 Å². The third-order valence-electron chi connectivity index (χ3n) is 2.54. The normalized spacial score (nSPS) is 16.2. The van der Waals surface area contributed by atoms with Crippen LogP contribution in [0.15, 0.2) is 18.2 Å². The molecule has 2 rings (SSSR count). The maximum absolute atomic E-state index is 9.21. The molecule has 1 aromatic carbocycles. The predicted octanol–water partition coefficient (Wildman–Crippen LogP) is 1.05. The van der Waals surface area contributed by atoms with E-state index in [1.807, 2.05) is 30.0 Å². The van der Waals surface area contributed by atoms with E-state index < -0.39 is 0 Å². The smallest absolute Gasteiger partial charge is 0.101 e. The van der Waals surface area contributed by atoms with Crippen molar-refractivity contribution >= 4 is 5.69 Å². The first kappa shape index (κ1) is 9.04. The first-order chi connectivity index (χ1) is 6.72. The van der Waals surface area contributed by atoms with Gasteiger partial charge < -0.3 is 10.0 Å². The molecule has 1 aliphatic heterocycles. The van der Waals surface area contributed by atoms with Gasteiger partial charge in [-0.2, -0.15) is 5.26 Å². The highest BCUT2D eigenvalue weighted by Crippen LogP contribution is 2.28. The fraction of sp³-hybridized carbons (Fsp3) is 0.364. The monoisotopic (exact) mass is 188 g/mol. The zero-order valence-corrected chi connectivity index (χ0v) is 8.07. The minimum absolute atomic E-state index is 0.235. The molecule has 0 bridgehead atoms. The second-order valence-corrected chi connectivity index (χ2v) is 3.64. The van der Waals surface area contributed by atoms with Gasteiger partial charge in [-0.3, -0.25) is 0 Å². The van der Waals surface area contributed by atoms with Gasteiger partial charge in [-0.25, -0.2) is 0 Å². The Morgan fingerprint density at radius 3 is 2.79 bits per heavy atom. The molecule has 0 aliphatic carbocycles. The Balaban J connectivity index is 2.37. The van der Waals surface area contributed by atoms with E-state index in [9.17, 15) is 5.11 Å². The molecular weight excluding hydrogens is 176 g/mol. The van der Waals surface area contributed by atoms with Crippen LogP contribution in [0, 0.1) is 18.3 Å². The number of benzene rings is 1. The fourth-order valence-corrected chi connectivity index (χ4v) is 1.81. The largest absolute Gasteiger partial charge is 0.389 e. The van der Waals surface area contributed by atoms with E-state index >= 15 is 0 Å². The zero-order chi connectivity index (χ0) is 10.1. The van der Waals surface area contributed by atoms with Gasteiger partial charge in [-0.05, 0) is 18.6 Å². The summed E-state index contributed by atoms with van der Waals surface area (Å²) in [7, 11) is 0. The van der Waals surface area contributed by atoms with Crippen LogP contribution in [0.4, 0.5) is 5.69 Å². The summed E-state index contributed by atoms with van der Waals surface area (Å²) in [6.07, 6.45) is -0.235. The number of hydrogen-bond donors (Lipinski definition) is 1. The Morgan fingerprint density at radius 1 is 1.50 bits per heavy atom. The molecule has 0 aromatic heterocycles. The van der Waals surface area contributed by atoms with Crippen molar-refractivity contribution in [2.24, 2.45) is 0 Å². The van der Waals surface area contributed by atoms with Crippen LogP contribution >= 0.6 is 0 Å². The summed E-state index contributed by atoms with van der Waals surface area (Å²) < 4.78 is 0. The molecule has 0 unspecified atom stereocenters. The predicted molar refractivity (Wildman–Crippen MR) is 54.1 cm³/mol. The van der Waals surface area contributed by atoms with Gasteiger partial charge in [0.25, 0.3) is 0 Å². The van der Waals surface area contributed by atoms with Crippen LogP contribution in [0.25, 0.3) is 0 Å². The molecule has 3 nitrogen and oxygen atoms in total. The molecule has 0 amide bonds. The number of aliphatic hydroxyl groups excluding tert-OH is 1. The summed E-state index contributed by atoms with van der Waals surface area (Å²) in [5.74, 6) is 0. The van der Waals surface area contributed by atoms with Gasteiger partial charge in [-0.15, -0.1) is 0 Å². The molecular formula is C11H12N2O. The molecule has 0 atom stereocenters. The Morgan fingerprint density at radius 2 is 2.21 bits per heavy atom. The van der Waals surface area contributed by atoms with Crippen molar-refractivity contribution in [2.75, 3.05) is 18.0 Å². The minimum Gasteiger partial charge on any atom is -0.389 e. The van der Waals surface area contributed by atoms with Crippen molar-refractivity contribution in [3.05, 3.63) is 29.3 Å². The van der Waals surface area contributed by atoms with Crippen LogP contribution in [-0.4, -0.2) is 24.3 Å². The molecule has 1 fully saturated rings. The zero-order valence-electron chi connectivity index (χ0n) is 8.07. The molecule has 0 radical (unpaired) electrons. The van der Waals surface area contributed by atoms with Crippen molar-refractivity contribution in [3.8, 4) is 6.07 Å². The van der Waals surface area contributed by atoms with Crippen molar-refractivity contribution in [1.82, 2.24) is 0 Å². The Labute approximate surface area is 83.2 Å². The summed E-state index contributed by atoms with van der Waals surface area (Å²) in [6.45, 7) is 3.26. The molecule has 3 heteroatoms. The van der Waals surface area contributed by atoms with E-state index in [1.165, 1.54) is 0 Å². The van der Waals surface area contributed by atoms with Gasteiger partial charge in [0.15, 0.2) is 0 Å². The molecule has 1 N–H and O–H groups in total. The highest BCUT2D eigenvalue weighted by atomic mass is 16.3. The first-order valence-corrected chi connectivity index (χ1v) is 4.65. The number of rotatable bonds is 1. The average molecular weight is 188 g/mol.